The Balaban J connectivity index is 2.98. The third kappa shape index (κ3) is 11.8. The molecule has 0 bridgehead atoms. The number of nitrogens with two attached hydrogens (primary N) is 1. The summed E-state index contributed by atoms with van der Waals surface area (Å²) in [5.74, 6) is 0. The normalized spacial score (nSPS) is 13.0. The van der Waals surface area contributed by atoms with Crippen molar-refractivity contribution in [1.29, 1.82) is 0 Å². The second kappa shape index (κ2) is 12.0. The smallest absolute Gasteiger partial charge is 0.0613 e. The van der Waals surface area contributed by atoms with Crippen LogP contribution in [0.4, 0.5) is 0 Å². The van der Waals surface area contributed by atoms with Gasteiger partial charge in [-0.05, 0) is 6.42 Å². The minimum atomic E-state index is 0.245. The molecule has 0 aromatic heterocycles. The van der Waals surface area contributed by atoms with E-state index in [4.69, 9.17) is 10.5 Å². The van der Waals surface area contributed by atoms with E-state index in [0.717, 1.165) is 6.42 Å². The fourth-order valence-corrected chi connectivity index (χ4v) is 1.84. The molecule has 2 N–H and O–H groups in total. The number of ether oxygens (including phenoxy) is 1. The topological polar surface area (TPSA) is 35.2 Å². The van der Waals surface area contributed by atoms with Gasteiger partial charge in [0.1, 0.15) is 0 Å². The van der Waals surface area contributed by atoms with Crippen molar-refractivity contribution >= 4 is 0 Å². The van der Waals surface area contributed by atoms with Crippen molar-refractivity contribution in [2.45, 2.75) is 70.8 Å². The molecule has 92 valence electrons. The zero-order valence-electron chi connectivity index (χ0n) is 10.6. The molecule has 0 aromatic rings. The molecule has 0 heterocycles. The van der Waals surface area contributed by atoms with Crippen LogP contribution in [0.1, 0.15) is 64.7 Å². The van der Waals surface area contributed by atoms with E-state index in [9.17, 15) is 0 Å². The van der Waals surface area contributed by atoms with Crippen LogP contribution in [0, 0.1) is 0 Å². The molecule has 0 amide bonds. The average Bonchev–Trinajstić information content (AvgIpc) is 2.22. The van der Waals surface area contributed by atoms with E-state index < -0.39 is 0 Å². The molecule has 0 saturated carbocycles. The largest absolute Gasteiger partial charge is 0.383 e. The van der Waals surface area contributed by atoms with Crippen LogP contribution in [-0.4, -0.2) is 19.8 Å². The predicted molar refractivity (Wildman–Crippen MR) is 67.1 cm³/mol. The van der Waals surface area contributed by atoms with Crippen LogP contribution in [0.25, 0.3) is 0 Å². The molecular formula is C13H29NO. The lowest BCUT2D eigenvalue weighted by Gasteiger charge is -2.09. The van der Waals surface area contributed by atoms with Gasteiger partial charge in [0, 0.05) is 13.2 Å². The van der Waals surface area contributed by atoms with E-state index in [1.807, 2.05) is 0 Å². The summed E-state index contributed by atoms with van der Waals surface area (Å²) < 4.78 is 5.00. The Hall–Kier alpha value is -0.0800. The van der Waals surface area contributed by atoms with Crippen LogP contribution < -0.4 is 5.73 Å². The average molecular weight is 215 g/mol. The molecule has 2 nitrogen and oxygen atoms in total. The molecule has 2 heteroatoms. The molecule has 1 atom stereocenters. The number of methoxy groups -OCH3 is 1. The molecule has 0 fully saturated rings. The highest BCUT2D eigenvalue weighted by molar-refractivity contribution is 4.59. The first-order chi connectivity index (χ1) is 7.31. The zero-order valence-corrected chi connectivity index (χ0v) is 10.6. The molecule has 15 heavy (non-hydrogen) atoms. The van der Waals surface area contributed by atoms with Crippen LogP contribution in [-0.2, 0) is 4.74 Å². The number of hydrogen-bond acceptors (Lipinski definition) is 2. The van der Waals surface area contributed by atoms with Crippen LogP contribution in [0.5, 0.6) is 0 Å². The Labute approximate surface area is 95.6 Å². The van der Waals surface area contributed by atoms with Gasteiger partial charge in [-0.2, -0.15) is 0 Å². The maximum Gasteiger partial charge on any atom is 0.0613 e. The highest BCUT2D eigenvalue weighted by Gasteiger charge is 2.00. The molecule has 0 rings (SSSR count). The lowest BCUT2D eigenvalue weighted by Crippen LogP contribution is -2.25. The van der Waals surface area contributed by atoms with Gasteiger partial charge in [-0.3, -0.25) is 0 Å². The van der Waals surface area contributed by atoms with Gasteiger partial charge in [0.25, 0.3) is 0 Å². The van der Waals surface area contributed by atoms with Crippen molar-refractivity contribution in [3.63, 3.8) is 0 Å². The van der Waals surface area contributed by atoms with Crippen LogP contribution in [0.3, 0.4) is 0 Å². The molecule has 1 unspecified atom stereocenters. The van der Waals surface area contributed by atoms with Crippen molar-refractivity contribution in [2.24, 2.45) is 5.73 Å². The van der Waals surface area contributed by atoms with Crippen molar-refractivity contribution in [3.8, 4) is 0 Å². The molecule has 0 aliphatic heterocycles. The van der Waals surface area contributed by atoms with Gasteiger partial charge in [-0.15, -0.1) is 0 Å². The van der Waals surface area contributed by atoms with E-state index in [0.29, 0.717) is 6.61 Å². The first-order valence-corrected chi connectivity index (χ1v) is 6.55. The first kappa shape index (κ1) is 14.9. The number of unbranched alkanes of at least 4 members (excludes halogenated alkanes) is 7. The van der Waals surface area contributed by atoms with Gasteiger partial charge in [-0.1, -0.05) is 58.3 Å². The van der Waals surface area contributed by atoms with E-state index >= 15 is 0 Å². The molecule has 0 aliphatic rings. The van der Waals surface area contributed by atoms with Crippen molar-refractivity contribution in [2.75, 3.05) is 13.7 Å². The third-order valence-electron chi connectivity index (χ3n) is 2.81. The monoisotopic (exact) mass is 215 g/mol. The molecular weight excluding hydrogens is 186 g/mol. The van der Waals surface area contributed by atoms with Crippen LogP contribution in [0.2, 0.25) is 0 Å². The molecule has 0 radical (unpaired) electrons. The summed E-state index contributed by atoms with van der Waals surface area (Å²) in [4.78, 5) is 0. The Morgan fingerprint density at radius 2 is 1.47 bits per heavy atom. The van der Waals surface area contributed by atoms with E-state index in [2.05, 4.69) is 6.92 Å². The van der Waals surface area contributed by atoms with Crippen molar-refractivity contribution in [3.05, 3.63) is 0 Å². The fourth-order valence-electron chi connectivity index (χ4n) is 1.84. The molecule has 0 aliphatic carbocycles. The Kier molecular flexibility index (Phi) is 11.9. The first-order valence-electron chi connectivity index (χ1n) is 6.55. The maximum atomic E-state index is 5.84. The summed E-state index contributed by atoms with van der Waals surface area (Å²) in [6, 6.07) is 0.245. The minimum Gasteiger partial charge on any atom is -0.383 e. The maximum absolute atomic E-state index is 5.84. The molecule has 0 saturated heterocycles. The summed E-state index contributed by atoms with van der Waals surface area (Å²) in [5, 5.41) is 0. The lowest BCUT2D eigenvalue weighted by atomic mass is 10.1. The Morgan fingerprint density at radius 1 is 0.933 bits per heavy atom. The van der Waals surface area contributed by atoms with E-state index in [1.54, 1.807) is 7.11 Å². The predicted octanol–water partition coefficient (Wildman–Crippen LogP) is 3.49. The van der Waals surface area contributed by atoms with Gasteiger partial charge in [0.05, 0.1) is 6.61 Å². The van der Waals surface area contributed by atoms with Gasteiger partial charge >= 0.3 is 0 Å². The third-order valence-corrected chi connectivity index (χ3v) is 2.81. The van der Waals surface area contributed by atoms with E-state index in [1.165, 1.54) is 51.4 Å². The summed E-state index contributed by atoms with van der Waals surface area (Å²) >= 11 is 0. The van der Waals surface area contributed by atoms with E-state index in [-0.39, 0.29) is 6.04 Å². The van der Waals surface area contributed by atoms with Gasteiger partial charge < -0.3 is 10.5 Å². The summed E-state index contributed by atoms with van der Waals surface area (Å²) in [6.07, 6.45) is 12.1. The SMILES string of the molecule is CCCCCCCCCCC(N)COC. The molecule has 0 spiro atoms. The second-order valence-corrected chi connectivity index (χ2v) is 4.48. The summed E-state index contributed by atoms with van der Waals surface area (Å²) in [6.45, 7) is 2.97. The summed E-state index contributed by atoms with van der Waals surface area (Å²) in [7, 11) is 1.72. The Morgan fingerprint density at radius 3 is 2.00 bits per heavy atom. The number of hydrogen-bond donors (Lipinski definition) is 1. The van der Waals surface area contributed by atoms with Crippen molar-refractivity contribution < 1.29 is 4.74 Å². The standard InChI is InChI=1S/C13H29NO/c1-3-4-5-6-7-8-9-10-11-13(14)12-15-2/h13H,3-12,14H2,1-2H3. The molecule has 0 aromatic carbocycles. The van der Waals surface area contributed by atoms with Crippen LogP contribution in [0.15, 0.2) is 0 Å². The highest BCUT2D eigenvalue weighted by atomic mass is 16.5. The quantitative estimate of drug-likeness (QED) is 0.535. The fraction of sp³-hybridized carbons (Fsp3) is 1.00. The van der Waals surface area contributed by atoms with Crippen molar-refractivity contribution in [1.82, 2.24) is 0 Å². The van der Waals surface area contributed by atoms with Crippen LogP contribution >= 0.6 is 0 Å². The Bertz CT molecular complexity index is 117. The minimum absolute atomic E-state index is 0.245. The van der Waals surface area contributed by atoms with Gasteiger partial charge in [0.2, 0.25) is 0 Å². The van der Waals surface area contributed by atoms with Gasteiger partial charge in [-0.25, -0.2) is 0 Å². The van der Waals surface area contributed by atoms with Gasteiger partial charge in [0.15, 0.2) is 0 Å². The lowest BCUT2D eigenvalue weighted by molar-refractivity contribution is 0.176. The zero-order chi connectivity index (χ0) is 11.4. The summed E-state index contributed by atoms with van der Waals surface area (Å²) in [5.41, 5.74) is 5.84. The highest BCUT2D eigenvalue weighted by Crippen LogP contribution is 2.10. The second-order valence-electron chi connectivity index (χ2n) is 4.48. The number of rotatable bonds is 11.